The minimum Gasteiger partial charge on any atom is -0.446 e. The van der Waals surface area contributed by atoms with E-state index >= 15 is 0 Å². The summed E-state index contributed by atoms with van der Waals surface area (Å²) in [5.41, 5.74) is 5.43. The fourth-order valence-corrected chi connectivity index (χ4v) is 7.80. The Morgan fingerprint density at radius 1 is 1.12 bits per heavy atom. The molecule has 0 spiro atoms. The molecule has 1 heterocycles. The third-order valence-electron chi connectivity index (χ3n) is 6.78. The lowest BCUT2D eigenvalue weighted by molar-refractivity contribution is 0.0787. The molecule has 13 heteroatoms. The Labute approximate surface area is 249 Å². The van der Waals surface area contributed by atoms with Crippen LogP contribution in [0.3, 0.4) is 0 Å². The average Bonchev–Trinajstić information content (AvgIpc) is 3.38. The molecule has 1 atom stereocenters. The van der Waals surface area contributed by atoms with Gasteiger partial charge in [0.2, 0.25) is 10.0 Å². The largest absolute Gasteiger partial charge is 0.446 e. The number of thiazole rings is 1. The Morgan fingerprint density at radius 3 is 2.45 bits per heavy atom. The predicted molar refractivity (Wildman–Crippen MR) is 160 cm³/mol. The molecule has 5 N–H and O–H groups in total. The molecule has 10 nitrogen and oxygen atoms in total. The average molecular weight is 618 g/mol. The molecule has 0 aliphatic heterocycles. The number of sulfonamides is 1. The number of carbonyl (C=O) groups is 2. The molecule has 0 radical (unpaired) electrons. The van der Waals surface area contributed by atoms with Crippen LogP contribution in [0.25, 0.3) is 10.4 Å². The number of primary amides is 1. The van der Waals surface area contributed by atoms with Crippen molar-refractivity contribution in [1.29, 1.82) is 0 Å². The lowest BCUT2D eigenvalue weighted by Gasteiger charge is -2.26. The van der Waals surface area contributed by atoms with E-state index in [9.17, 15) is 22.4 Å². The Hall–Kier alpha value is -3.55. The van der Waals surface area contributed by atoms with E-state index in [0.29, 0.717) is 28.8 Å². The number of aromatic nitrogens is 1. The Morgan fingerprint density at radius 2 is 1.81 bits per heavy atom. The van der Waals surface area contributed by atoms with E-state index in [2.05, 4.69) is 20.3 Å². The number of hydrogen-bond acceptors (Lipinski definition) is 7. The zero-order valence-corrected chi connectivity index (χ0v) is 25.6. The third kappa shape index (κ3) is 8.05. The fraction of sp³-hybridized carbons (Fsp3) is 0.414. The van der Waals surface area contributed by atoms with Crippen LogP contribution in [0.15, 0.2) is 53.6 Å². The summed E-state index contributed by atoms with van der Waals surface area (Å²) in [6.45, 7) is 6.88. The molecule has 0 saturated heterocycles. The minimum atomic E-state index is -4.01. The van der Waals surface area contributed by atoms with Crippen LogP contribution in [-0.2, 0) is 14.8 Å². The smallest absolute Gasteiger partial charge is 0.404 e. The van der Waals surface area contributed by atoms with Gasteiger partial charge < -0.3 is 21.1 Å². The van der Waals surface area contributed by atoms with E-state index in [0.717, 1.165) is 17.8 Å². The highest BCUT2D eigenvalue weighted by atomic mass is 32.2. The number of urea groups is 1. The summed E-state index contributed by atoms with van der Waals surface area (Å²) in [5.74, 6) is -0.280. The van der Waals surface area contributed by atoms with Crippen LogP contribution in [0.5, 0.6) is 0 Å². The standard InChI is InChI=1S/C29H36FN5O5S2/c1-17(21-7-5-6-8-23(21)30)33-28(37)34-19-11-14-22(25(15-19)42(38,39)35-29(2,3)4)24-16-32-26(41-24)18-9-12-20(13-10-18)40-27(31)36/h5-8,11,14-18,20,35H,9-10,12-13H2,1-4H3,(H2,31,36)(H2,33,34,37)/t17-,18?,20?/m1/s1. The summed E-state index contributed by atoms with van der Waals surface area (Å²) in [5, 5.41) is 6.23. The molecule has 226 valence electrons. The molecule has 0 bridgehead atoms. The van der Waals surface area contributed by atoms with Gasteiger partial charge in [-0.25, -0.2) is 32.1 Å². The Kier molecular flexibility index (Phi) is 9.53. The van der Waals surface area contributed by atoms with E-state index in [1.54, 1.807) is 64.2 Å². The van der Waals surface area contributed by atoms with E-state index in [4.69, 9.17) is 10.5 Å². The maximum Gasteiger partial charge on any atom is 0.404 e. The molecule has 2 aromatic carbocycles. The number of nitrogens with one attached hydrogen (secondary N) is 3. The fourth-order valence-electron chi connectivity index (χ4n) is 4.94. The lowest BCUT2D eigenvalue weighted by Crippen LogP contribution is -2.40. The van der Waals surface area contributed by atoms with Crippen LogP contribution in [0.4, 0.5) is 19.7 Å². The van der Waals surface area contributed by atoms with Crippen molar-refractivity contribution >= 4 is 39.2 Å². The second-order valence-electron chi connectivity index (χ2n) is 11.4. The minimum absolute atomic E-state index is 0.00820. The number of benzene rings is 2. The van der Waals surface area contributed by atoms with Gasteiger partial charge in [0.15, 0.2) is 0 Å². The molecular formula is C29H36FN5O5S2. The third-order valence-corrected chi connectivity index (χ3v) is 9.78. The van der Waals surface area contributed by atoms with Gasteiger partial charge in [-0.15, -0.1) is 11.3 Å². The first-order chi connectivity index (χ1) is 19.7. The van der Waals surface area contributed by atoms with Crippen LogP contribution in [0.2, 0.25) is 0 Å². The van der Waals surface area contributed by atoms with Gasteiger partial charge in [-0.3, -0.25) is 0 Å². The number of carbonyl (C=O) groups excluding carboxylic acids is 2. The van der Waals surface area contributed by atoms with Crippen LogP contribution in [0.1, 0.15) is 75.9 Å². The molecule has 3 amide bonds. The number of nitrogens with zero attached hydrogens (tertiary/aromatic N) is 1. The van der Waals surface area contributed by atoms with E-state index in [1.165, 1.54) is 23.5 Å². The molecule has 1 aliphatic carbocycles. The van der Waals surface area contributed by atoms with E-state index in [-0.39, 0.29) is 22.6 Å². The SMILES string of the molecule is C[C@@H](NC(=O)Nc1ccc(-c2cnc(C3CCC(OC(N)=O)CC3)s2)c(S(=O)(=O)NC(C)(C)C)c1)c1ccccc1F. The van der Waals surface area contributed by atoms with Gasteiger partial charge in [-0.1, -0.05) is 24.3 Å². The maximum absolute atomic E-state index is 14.2. The van der Waals surface area contributed by atoms with Crippen molar-refractivity contribution in [2.45, 2.75) is 81.9 Å². The number of amides is 3. The Balaban J connectivity index is 1.57. The van der Waals surface area contributed by atoms with E-state index < -0.39 is 39.5 Å². The number of halogens is 1. The van der Waals surface area contributed by atoms with Crippen LogP contribution in [0, 0.1) is 5.82 Å². The van der Waals surface area contributed by atoms with Crippen LogP contribution in [-0.4, -0.2) is 37.2 Å². The van der Waals surface area contributed by atoms with Gasteiger partial charge in [0.05, 0.1) is 20.8 Å². The highest BCUT2D eigenvalue weighted by Gasteiger charge is 2.29. The molecule has 0 unspecified atom stereocenters. The number of ether oxygens (including phenoxy) is 1. The van der Waals surface area contributed by atoms with Crippen molar-refractivity contribution in [3.63, 3.8) is 0 Å². The highest BCUT2D eigenvalue weighted by molar-refractivity contribution is 7.89. The highest BCUT2D eigenvalue weighted by Crippen LogP contribution is 2.40. The quantitative estimate of drug-likeness (QED) is 0.242. The first-order valence-corrected chi connectivity index (χ1v) is 15.9. The molecule has 4 rings (SSSR count). The summed E-state index contributed by atoms with van der Waals surface area (Å²) in [6, 6.07) is 9.58. The van der Waals surface area contributed by atoms with Gasteiger partial charge >= 0.3 is 12.1 Å². The number of nitrogens with two attached hydrogens (primary N) is 1. The monoisotopic (exact) mass is 617 g/mol. The van der Waals surface area contributed by atoms with Crippen molar-refractivity contribution in [3.05, 3.63) is 65.0 Å². The summed E-state index contributed by atoms with van der Waals surface area (Å²) in [6.07, 6.45) is 3.57. The van der Waals surface area contributed by atoms with Crippen molar-refractivity contribution < 1.29 is 27.1 Å². The van der Waals surface area contributed by atoms with Gasteiger partial charge in [-0.2, -0.15) is 0 Å². The van der Waals surface area contributed by atoms with Crippen LogP contribution < -0.4 is 21.1 Å². The summed E-state index contributed by atoms with van der Waals surface area (Å²) in [7, 11) is -4.01. The zero-order valence-electron chi connectivity index (χ0n) is 23.9. The Bertz CT molecular complexity index is 1550. The lowest BCUT2D eigenvalue weighted by atomic mass is 9.88. The normalized spacial score (nSPS) is 18.2. The molecule has 42 heavy (non-hydrogen) atoms. The number of rotatable bonds is 8. The maximum atomic E-state index is 14.2. The summed E-state index contributed by atoms with van der Waals surface area (Å²) >= 11 is 1.41. The predicted octanol–water partition coefficient (Wildman–Crippen LogP) is 6.03. The van der Waals surface area contributed by atoms with Crippen molar-refractivity contribution in [3.8, 4) is 10.4 Å². The summed E-state index contributed by atoms with van der Waals surface area (Å²) in [4.78, 5) is 29.1. The second kappa shape index (κ2) is 12.8. The van der Waals surface area contributed by atoms with Gasteiger partial charge in [0.1, 0.15) is 11.9 Å². The molecule has 1 aliphatic rings. The number of hydrogen-bond donors (Lipinski definition) is 4. The topological polar surface area (TPSA) is 153 Å². The molecule has 3 aromatic rings. The first kappa shape index (κ1) is 31.4. The van der Waals surface area contributed by atoms with Crippen molar-refractivity contribution in [2.24, 2.45) is 5.73 Å². The zero-order chi connectivity index (χ0) is 30.7. The first-order valence-electron chi connectivity index (χ1n) is 13.6. The van der Waals surface area contributed by atoms with Crippen molar-refractivity contribution in [1.82, 2.24) is 15.0 Å². The second-order valence-corrected chi connectivity index (χ2v) is 14.1. The summed E-state index contributed by atoms with van der Waals surface area (Å²) < 4.78 is 49.1. The van der Waals surface area contributed by atoms with Crippen LogP contribution >= 0.6 is 11.3 Å². The molecular weight excluding hydrogens is 581 g/mol. The number of anilines is 1. The van der Waals surface area contributed by atoms with Gasteiger partial charge in [0.25, 0.3) is 0 Å². The molecule has 1 saturated carbocycles. The molecule has 1 fully saturated rings. The van der Waals surface area contributed by atoms with Gasteiger partial charge in [0, 0.05) is 34.5 Å². The molecule has 1 aromatic heterocycles. The van der Waals surface area contributed by atoms with Gasteiger partial charge in [-0.05, 0) is 71.6 Å². The van der Waals surface area contributed by atoms with Crippen molar-refractivity contribution in [2.75, 3.05) is 5.32 Å². The van der Waals surface area contributed by atoms with E-state index in [1.807, 2.05) is 0 Å².